The molecule has 30 heavy (non-hydrogen) atoms. The number of amides is 1. The molecule has 6 nitrogen and oxygen atoms in total. The Hall–Kier alpha value is -3.82. The Kier molecular flexibility index (Phi) is 6.68. The molecule has 0 saturated heterocycles. The summed E-state index contributed by atoms with van der Waals surface area (Å²) in [5, 5.41) is 24.0. The van der Waals surface area contributed by atoms with Crippen molar-refractivity contribution >= 4 is 40.5 Å². The lowest BCUT2D eigenvalue weighted by atomic mass is 10.00. The number of carbonyl (C=O) groups is 2. The van der Waals surface area contributed by atoms with Crippen molar-refractivity contribution in [2.45, 2.75) is 12.8 Å². The molecule has 0 spiro atoms. The van der Waals surface area contributed by atoms with Gasteiger partial charge >= 0.3 is 5.97 Å². The number of benzene rings is 3. The van der Waals surface area contributed by atoms with Crippen molar-refractivity contribution in [3.63, 3.8) is 0 Å². The maximum atomic E-state index is 12.2. The summed E-state index contributed by atoms with van der Waals surface area (Å²) in [5.74, 6) is 4.45. The molecular weight excluding hydrogens is 404 g/mol. The number of nitrogens with zero attached hydrogens (tertiary/aromatic N) is 1. The Labute approximate surface area is 177 Å². The Balaban J connectivity index is 1.79. The van der Waals surface area contributed by atoms with Crippen LogP contribution in [0.25, 0.3) is 10.8 Å². The first kappa shape index (κ1) is 20.9. The largest absolute Gasteiger partial charge is 0.506 e. The SMILES string of the molecule is O=C(O)CCC#Cc1ccc(/C=N/NC(=O)c2ccc(O)c(Cl)c2)c2ccccc12. The molecule has 0 aliphatic rings. The average molecular weight is 421 g/mol. The number of phenolic OH excluding ortho intramolecular Hbond substituents is 1. The third-order valence-electron chi connectivity index (χ3n) is 4.22. The number of aliphatic carboxylic acids is 1. The maximum Gasteiger partial charge on any atom is 0.304 e. The van der Waals surface area contributed by atoms with Crippen LogP contribution in [0.3, 0.4) is 0 Å². The minimum Gasteiger partial charge on any atom is -0.506 e. The first-order valence-corrected chi connectivity index (χ1v) is 9.38. The molecule has 0 heterocycles. The van der Waals surface area contributed by atoms with Crippen molar-refractivity contribution < 1.29 is 19.8 Å². The van der Waals surface area contributed by atoms with Gasteiger partial charge in [-0.25, -0.2) is 5.43 Å². The van der Waals surface area contributed by atoms with Crippen LogP contribution in [-0.4, -0.2) is 28.3 Å². The van der Waals surface area contributed by atoms with Gasteiger partial charge < -0.3 is 10.2 Å². The Morgan fingerprint density at radius 2 is 1.87 bits per heavy atom. The van der Waals surface area contributed by atoms with Gasteiger partial charge in [0, 0.05) is 23.1 Å². The quantitative estimate of drug-likeness (QED) is 0.327. The Morgan fingerprint density at radius 1 is 1.10 bits per heavy atom. The zero-order valence-electron chi connectivity index (χ0n) is 15.7. The number of halogens is 1. The fourth-order valence-corrected chi connectivity index (χ4v) is 2.92. The summed E-state index contributed by atoms with van der Waals surface area (Å²) in [4.78, 5) is 22.8. The van der Waals surface area contributed by atoms with E-state index in [2.05, 4.69) is 22.4 Å². The molecule has 3 aromatic carbocycles. The molecule has 150 valence electrons. The molecule has 3 aromatic rings. The van der Waals surface area contributed by atoms with Gasteiger partial charge in [0.1, 0.15) is 5.75 Å². The second kappa shape index (κ2) is 9.59. The molecule has 0 aliphatic carbocycles. The van der Waals surface area contributed by atoms with Crippen LogP contribution < -0.4 is 5.43 Å². The van der Waals surface area contributed by atoms with E-state index in [1.807, 2.05) is 36.4 Å². The molecule has 3 rings (SSSR count). The Bertz CT molecular complexity index is 1210. The smallest absolute Gasteiger partial charge is 0.304 e. The normalized spacial score (nSPS) is 10.6. The molecule has 0 radical (unpaired) electrons. The van der Waals surface area contributed by atoms with Gasteiger partial charge in [-0.3, -0.25) is 9.59 Å². The van der Waals surface area contributed by atoms with E-state index < -0.39 is 11.9 Å². The summed E-state index contributed by atoms with van der Waals surface area (Å²) < 4.78 is 0. The lowest BCUT2D eigenvalue weighted by molar-refractivity contribution is -0.136. The van der Waals surface area contributed by atoms with Crippen molar-refractivity contribution in [2.24, 2.45) is 5.10 Å². The molecule has 7 heteroatoms. The summed E-state index contributed by atoms with van der Waals surface area (Å²) in [6.07, 6.45) is 1.81. The Morgan fingerprint density at radius 3 is 2.60 bits per heavy atom. The average Bonchev–Trinajstić information content (AvgIpc) is 2.73. The molecule has 0 aromatic heterocycles. The number of carboxylic acids is 1. The minimum atomic E-state index is -0.877. The lowest BCUT2D eigenvalue weighted by Crippen LogP contribution is -2.17. The number of aromatic hydroxyl groups is 1. The molecule has 0 saturated carbocycles. The third-order valence-corrected chi connectivity index (χ3v) is 4.53. The molecule has 0 atom stereocenters. The predicted octanol–water partition coefficient (Wildman–Crippen LogP) is 4.18. The van der Waals surface area contributed by atoms with Crippen LogP contribution in [-0.2, 0) is 4.79 Å². The van der Waals surface area contributed by atoms with Gasteiger partial charge in [-0.2, -0.15) is 5.10 Å². The molecule has 0 fully saturated rings. The van der Waals surface area contributed by atoms with E-state index in [0.29, 0.717) is 0 Å². The molecule has 1 amide bonds. The highest BCUT2D eigenvalue weighted by atomic mass is 35.5. The van der Waals surface area contributed by atoms with Crippen LogP contribution in [0.2, 0.25) is 5.02 Å². The third kappa shape index (κ3) is 5.16. The van der Waals surface area contributed by atoms with Gasteiger partial charge in [0.2, 0.25) is 0 Å². The zero-order valence-corrected chi connectivity index (χ0v) is 16.5. The summed E-state index contributed by atoms with van der Waals surface area (Å²) in [5.41, 5.74) is 4.27. The van der Waals surface area contributed by atoms with Gasteiger partial charge in [0.25, 0.3) is 5.91 Å². The van der Waals surface area contributed by atoms with E-state index in [0.717, 1.165) is 21.9 Å². The summed E-state index contributed by atoms with van der Waals surface area (Å²) in [6, 6.07) is 15.4. The topological polar surface area (TPSA) is 99.0 Å². The first-order chi connectivity index (χ1) is 14.5. The van der Waals surface area contributed by atoms with Gasteiger partial charge in [-0.15, -0.1) is 0 Å². The lowest BCUT2D eigenvalue weighted by Gasteiger charge is -2.05. The van der Waals surface area contributed by atoms with E-state index in [-0.39, 0.29) is 29.2 Å². The number of carboxylic acid groups (broad SMARTS) is 1. The van der Waals surface area contributed by atoms with Gasteiger partial charge in [-0.1, -0.05) is 53.8 Å². The van der Waals surface area contributed by atoms with E-state index in [1.165, 1.54) is 24.4 Å². The zero-order chi connectivity index (χ0) is 21.5. The van der Waals surface area contributed by atoms with Crippen LogP contribution >= 0.6 is 11.6 Å². The second-order valence-corrected chi connectivity index (χ2v) is 6.72. The number of rotatable bonds is 5. The summed E-state index contributed by atoms with van der Waals surface area (Å²) in [6.45, 7) is 0. The van der Waals surface area contributed by atoms with Crippen molar-refractivity contribution in [3.8, 4) is 17.6 Å². The van der Waals surface area contributed by atoms with Crippen molar-refractivity contribution in [2.75, 3.05) is 0 Å². The maximum absolute atomic E-state index is 12.2. The van der Waals surface area contributed by atoms with Gasteiger partial charge in [-0.05, 0) is 35.0 Å². The molecule has 0 aliphatic heterocycles. The fourth-order valence-electron chi connectivity index (χ4n) is 2.74. The number of hydrazone groups is 1. The molecule has 3 N–H and O–H groups in total. The second-order valence-electron chi connectivity index (χ2n) is 6.31. The fraction of sp³-hybridized carbons (Fsp3) is 0.0870. The summed E-state index contributed by atoms with van der Waals surface area (Å²) >= 11 is 5.82. The van der Waals surface area contributed by atoms with Gasteiger partial charge in [0.15, 0.2) is 0 Å². The minimum absolute atomic E-state index is 0.00160. The van der Waals surface area contributed by atoms with Crippen LogP contribution in [0.5, 0.6) is 5.75 Å². The van der Waals surface area contributed by atoms with Crippen LogP contribution in [0.1, 0.15) is 34.3 Å². The number of hydrogen-bond donors (Lipinski definition) is 3. The van der Waals surface area contributed by atoms with E-state index in [1.54, 1.807) is 0 Å². The van der Waals surface area contributed by atoms with Crippen LogP contribution in [0, 0.1) is 11.8 Å². The van der Waals surface area contributed by atoms with Crippen molar-refractivity contribution in [3.05, 3.63) is 76.3 Å². The highest BCUT2D eigenvalue weighted by Gasteiger charge is 2.08. The summed E-state index contributed by atoms with van der Waals surface area (Å²) in [7, 11) is 0. The number of nitrogens with one attached hydrogen (secondary N) is 1. The highest BCUT2D eigenvalue weighted by Crippen LogP contribution is 2.24. The number of carbonyl (C=O) groups excluding carboxylic acids is 1. The van der Waals surface area contributed by atoms with Gasteiger partial charge in [0.05, 0.1) is 17.7 Å². The first-order valence-electron chi connectivity index (χ1n) is 9.00. The van der Waals surface area contributed by atoms with Crippen molar-refractivity contribution in [1.82, 2.24) is 5.43 Å². The standard InChI is InChI=1S/C23H17ClN2O4/c24-20-13-16(11-12-21(20)27)23(30)26-25-14-17-10-9-15(5-1-4-8-22(28)29)18-6-2-3-7-19(17)18/h2-3,6-7,9-14,27H,4,8H2,(H,26,30)(H,28,29)/b25-14+. The number of fused-ring (bicyclic) bond motifs is 1. The monoisotopic (exact) mass is 420 g/mol. The molecular formula is C23H17ClN2O4. The van der Waals surface area contributed by atoms with E-state index >= 15 is 0 Å². The van der Waals surface area contributed by atoms with Crippen molar-refractivity contribution in [1.29, 1.82) is 0 Å². The van der Waals surface area contributed by atoms with E-state index in [4.69, 9.17) is 16.7 Å². The van der Waals surface area contributed by atoms with E-state index in [9.17, 15) is 14.7 Å². The number of phenols is 1. The van der Waals surface area contributed by atoms with Crippen LogP contribution in [0.4, 0.5) is 0 Å². The number of hydrogen-bond acceptors (Lipinski definition) is 4. The molecule has 0 bridgehead atoms. The van der Waals surface area contributed by atoms with Crippen LogP contribution in [0.15, 0.2) is 59.7 Å². The highest BCUT2D eigenvalue weighted by molar-refractivity contribution is 6.32. The predicted molar refractivity (Wildman–Crippen MR) is 116 cm³/mol. The molecule has 0 unspecified atom stereocenters.